The number of nitrogens with zero attached hydrogens (tertiary/aromatic N) is 2. The first kappa shape index (κ1) is 12.9. The molecule has 1 aliphatic carbocycles. The number of nitrogens with two attached hydrogens (primary N) is 1. The Morgan fingerprint density at radius 1 is 1.61 bits per heavy atom. The standard InChI is InChI=1S/C13H22N4O/c1-3-9-5-4-6-10(7-9)16-13(18)11-8-15-17(2)12(11)14/h8-10H,3-7,14H2,1-2H3,(H,16,18). The topological polar surface area (TPSA) is 72.9 Å². The van der Waals surface area contributed by atoms with E-state index in [0.29, 0.717) is 11.4 Å². The van der Waals surface area contributed by atoms with Crippen molar-refractivity contribution in [1.82, 2.24) is 15.1 Å². The van der Waals surface area contributed by atoms with Crippen LogP contribution in [0.2, 0.25) is 0 Å². The minimum absolute atomic E-state index is 0.0950. The smallest absolute Gasteiger partial charge is 0.256 e. The number of rotatable bonds is 3. The van der Waals surface area contributed by atoms with Gasteiger partial charge in [-0.15, -0.1) is 0 Å². The Morgan fingerprint density at radius 2 is 2.39 bits per heavy atom. The van der Waals surface area contributed by atoms with Crippen molar-refractivity contribution >= 4 is 11.7 Å². The van der Waals surface area contributed by atoms with E-state index in [1.807, 2.05) is 0 Å². The summed E-state index contributed by atoms with van der Waals surface area (Å²) in [6, 6.07) is 0.288. The number of anilines is 1. The van der Waals surface area contributed by atoms with E-state index in [1.54, 1.807) is 7.05 Å². The molecule has 1 aromatic heterocycles. The fraction of sp³-hybridized carbons (Fsp3) is 0.692. The normalized spacial score (nSPS) is 23.9. The van der Waals surface area contributed by atoms with E-state index < -0.39 is 0 Å². The average molecular weight is 250 g/mol. The third kappa shape index (κ3) is 2.66. The van der Waals surface area contributed by atoms with E-state index in [0.717, 1.165) is 18.8 Å². The molecule has 0 saturated heterocycles. The van der Waals surface area contributed by atoms with E-state index in [2.05, 4.69) is 17.3 Å². The fourth-order valence-corrected chi connectivity index (χ4v) is 2.68. The van der Waals surface area contributed by atoms with E-state index >= 15 is 0 Å². The maximum Gasteiger partial charge on any atom is 0.256 e. The molecule has 5 nitrogen and oxygen atoms in total. The second kappa shape index (κ2) is 5.42. The van der Waals surface area contributed by atoms with E-state index in [4.69, 9.17) is 5.73 Å². The van der Waals surface area contributed by atoms with E-state index in [9.17, 15) is 4.79 Å². The number of amides is 1. The summed E-state index contributed by atoms with van der Waals surface area (Å²) in [7, 11) is 1.74. The molecule has 1 amide bonds. The van der Waals surface area contributed by atoms with Crippen LogP contribution in [0.15, 0.2) is 6.20 Å². The van der Waals surface area contributed by atoms with Gasteiger partial charge in [-0.2, -0.15) is 5.10 Å². The van der Waals surface area contributed by atoms with Gasteiger partial charge < -0.3 is 11.1 Å². The third-order valence-corrected chi connectivity index (χ3v) is 3.92. The molecule has 100 valence electrons. The summed E-state index contributed by atoms with van der Waals surface area (Å²) < 4.78 is 1.52. The van der Waals surface area contributed by atoms with Crippen LogP contribution in [-0.4, -0.2) is 21.7 Å². The van der Waals surface area contributed by atoms with Crippen molar-refractivity contribution < 1.29 is 4.79 Å². The van der Waals surface area contributed by atoms with Gasteiger partial charge in [0, 0.05) is 13.1 Å². The zero-order chi connectivity index (χ0) is 13.1. The average Bonchev–Trinajstić information content (AvgIpc) is 2.70. The predicted molar refractivity (Wildman–Crippen MR) is 71.1 cm³/mol. The van der Waals surface area contributed by atoms with E-state index in [-0.39, 0.29) is 11.9 Å². The third-order valence-electron chi connectivity index (χ3n) is 3.92. The van der Waals surface area contributed by atoms with Crippen LogP contribution < -0.4 is 11.1 Å². The summed E-state index contributed by atoms with van der Waals surface area (Å²) in [5.74, 6) is 1.08. The quantitative estimate of drug-likeness (QED) is 0.857. The molecule has 1 heterocycles. The summed E-state index contributed by atoms with van der Waals surface area (Å²) in [6.45, 7) is 2.22. The van der Waals surface area contributed by atoms with Crippen LogP contribution in [0.1, 0.15) is 49.4 Å². The highest BCUT2D eigenvalue weighted by Crippen LogP contribution is 2.26. The van der Waals surface area contributed by atoms with Gasteiger partial charge in [-0.1, -0.05) is 26.2 Å². The number of carbonyl (C=O) groups is 1. The number of hydrogen-bond donors (Lipinski definition) is 2. The Hall–Kier alpha value is -1.52. The van der Waals surface area contributed by atoms with Crippen LogP contribution in [-0.2, 0) is 7.05 Å². The van der Waals surface area contributed by atoms with Crippen LogP contribution in [0.25, 0.3) is 0 Å². The molecule has 3 N–H and O–H groups in total. The lowest BCUT2D eigenvalue weighted by atomic mass is 9.84. The van der Waals surface area contributed by atoms with Gasteiger partial charge in [-0.3, -0.25) is 9.48 Å². The number of nitrogens with one attached hydrogen (secondary N) is 1. The molecule has 0 spiro atoms. The summed E-state index contributed by atoms with van der Waals surface area (Å²) in [6.07, 6.45) is 7.38. The number of nitrogen functional groups attached to an aromatic ring is 1. The summed E-state index contributed by atoms with van der Waals surface area (Å²) >= 11 is 0. The molecule has 0 bridgehead atoms. The van der Waals surface area contributed by atoms with Crippen molar-refractivity contribution in [1.29, 1.82) is 0 Å². The van der Waals surface area contributed by atoms with Crippen molar-refractivity contribution in [3.8, 4) is 0 Å². The Balaban J connectivity index is 1.97. The van der Waals surface area contributed by atoms with Gasteiger partial charge in [0.05, 0.1) is 6.20 Å². The maximum absolute atomic E-state index is 12.1. The number of hydrogen-bond acceptors (Lipinski definition) is 3. The minimum atomic E-state index is -0.0950. The molecule has 0 aliphatic heterocycles. The van der Waals surface area contributed by atoms with Crippen molar-refractivity contribution in [3.63, 3.8) is 0 Å². The first-order valence-corrected chi connectivity index (χ1v) is 6.70. The molecular weight excluding hydrogens is 228 g/mol. The second-order valence-corrected chi connectivity index (χ2v) is 5.18. The van der Waals surface area contributed by atoms with Gasteiger partial charge in [0.25, 0.3) is 5.91 Å². The zero-order valence-electron chi connectivity index (χ0n) is 11.1. The monoisotopic (exact) mass is 250 g/mol. The van der Waals surface area contributed by atoms with Crippen LogP contribution in [0.3, 0.4) is 0 Å². The molecule has 2 rings (SSSR count). The van der Waals surface area contributed by atoms with Gasteiger partial charge in [-0.05, 0) is 18.8 Å². The highest BCUT2D eigenvalue weighted by Gasteiger charge is 2.23. The van der Waals surface area contributed by atoms with Gasteiger partial charge in [-0.25, -0.2) is 0 Å². The van der Waals surface area contributed by atoms with Gasteiger partial charge in [0.1, 0.15) is 11.4 Å². The molecule has 2 unspecified atom stereocenters. The second-order valence-electron chi connectivity index (χ2n) is 5.18. The SMILES string of the molecule is CCC1CCCC(NC(=O)c2cnn(C)c2N)C1. The lowest BCUT2D eigenvalue weighted by Crippen LogP contribution is -2.38. The highest BCUT2D eigenvalue weighted by molar-refractivity contribution is 5.98. The lowest BCUT2D eigenvalue weighted by molar-refractivity contribution is 0.0920. The molecule has 1 aromatic rings. The van der Waals surface area contributed by atoms with Gasteiger partial charge >= 0.3 is 0 Å². The molecule has 5 heteroatoms. The zero-order valence-corrected chi connectivity index (χ0v) is 11.1. The molecular formula is C13H22N4O. The molecule has 0 radical (unpaired) electrons. The largest absolute Gasteiger partial charge is 0.383 e. The number of aryl methyl sites for hydroxylation is 1. The van der Waals surface area contributed by atoms with Crippen LogP contribution in [0.4, 0.5) is 5.82 Å². The van der Waals surface area contributed by atoms with Crippen LogP contribution in [0, 0.1) is 5.92 Å². The summed E-state index contributed by atoms with van der Waals surface area (Å²) in [4.78, 5) is 12.1. The first-order valence-electron chi connectivity index (χ1n) is 6.70. The maximum atomic E-state index is 12.1. The number of aromatic nitrogens is 2. The highest BCUT2D eigenvalue weighted by atomic mass is 16.1. The molecule has 2 atom stereocenters. The van der Waals surface area contributed by atoms with Crippen molar-refractivity contribution in [2.75, 3.05) is 5.73 Å². The summed E-state index contributed by atoms with van der Waals surface area (Å²) in [5, 5.41) is 7.07. The predicted octanol–water partition coefficient (Wildman–Crippen LogP) is 1.70. The molecule has 1 saturated carbocycles. The molecule has 0 aromatic carbocycles. The number of carbonyl (C=O) groups excluding carboxylic acids is 1. The van der Waals surface area contributed by atoms with Crippen molar-refractivity contribution in [2.45, 2.75) is 45.1 Å². The van der Waals surface area contributed by atoms with Crippen molar-refractivity contribution in [2.24, 2.45) is 13.0 Å². The Kier molecular flexibility index (Phi) is 3.89. The van der Waals surface area contributed by atoms with Crippen LogP contribution >= 0.6 is 0 Å². The molecule has 18 heavy (non-hydrogen) atoms. The van der Waals surface area contributed by atoms with E-state index in [1.165, 1.54) is 30.1 Å². The lowest BCUT2D eigenvalue weighted by Gasteiger charge is -2.29. The van der Waals surface area contributed by atoms with Crippen LogP contribution in [0.5, 0.6) is 0 Å². The first-order chi connectivity index (χ1) is 8.61. The summed E-state index contributed by atoms with van der Waals surface area (Å²) in [5.41, 5.74) is 6.28. The van der Waals surface area contributed by atoms with Gasteiger partial charge in [0.15, 0.2) is 0 Å². The Bertz CT molecular complexity index is 427. The fourth-order valence-electron chi connectivity index (χ4n) is 2.68. The molecule has 1 fully saturated rings. The Labute approximate surface area is 108 Å². The van der Waals surface area contributed by atoms with Gasteiger partial charge in [0.2, 0.25) is 0 Å². The minimum Gasteiger partial charge on any atom is -0.383 e. The Morgan fingerprint density at radius 3 is 3.00 bits per heavy atom. The molecule has 1 aliphatic rings. The van der Waals surface area contributed by atoms with Crippen molar-refractivity contribution in [3.05, 3.63) is 11.8 Å².